The molecule has 1 aliphatic rings. The normalized spacial score (nSPS) is 15.1. The van der Waals surface area contributed by atoms with Crippen LogP contribution in [0.1, 0.15) is 60.8 Å². The third-order valence-electron chi connectivity index (χ3n) is 8.03. The number of halogens is 1. The molecule has 0 radical (unpaired) electrons. The van der Waals surface area contributed by atoms with Crippen molar-refractivity contribution in [2.45, 2.75) is 52.5 Å². The molecule has 1 fully saturated rings. The van der Waals surface area contributed by atoms with Crippen molar-refractivity contribution in [2.24, 2.45) is 0 Å². The number of hydrogen-bond acceptors (Lipinski definition) is 7. The van der Waals surface area contributed by atoms with E-state index in [1.165, 1.54) is 18.4 Å². The summed E-state index contributed by atoms with van der Waals surface area (Å²) >= 11 is 7.47. The molecule has 0 aliphatic carbocycles. The molecular weight excluding hydrogens is 596 g/mol. The third kappa shape index (κ3) is 6.09. The van der Waals surface area contributed by atoms with E-state index in [9.17, 15) is 14.4 Å². The molecule has 0 spiro atoms. The first-order chi connectivity index (χ1) is 21.2. The second-order valence-electron chi connectivity index (χ2n) is 11.1. The van der Waals surface area contributed by atoms with E-state index in [4.69, 9.17) is 21.3 Å². The van der Waals surface area contributed by atoms with E-state index in [0.29, 0.717) is 39.9 Å². The Morgan fingerprint density at radius 2 is 1.80 bits per heavy atom. The number of ether oxygens (including phenoxy) is 1. The Morgan fingerprint density at radius 1 is 1.11 bits per heavy atom. The summed E-state index contributed by atoms with van der Waals surface area (Å²) in [7, 11) is 1.34. The Labute approximate surface area is 266 Å². The van der Waals surface area contributed by atoms with E-state index < -0.39 is 12.0 Å². The van der Waals surface area contributed by atoms with Crippen molar-refractivity contribution >= 4 is 34.8 Å². The summed E-state index contributed by atoms with van der Waals surface area (Å²) in [6, 6.07) is 14.6. The first-order valence-electron chi connectivity index (χ1n) is 14.9. The van der Waals surface area contributed by atoms with Crippen LogP contribution < -0.4 is 10.9 Å². The lowest BCUT2D eigenvalue weighted by Crippen LogP contribution is -2.56. The van der Waals surface area contributed by atoms with Crippen molar-refractivity contribution in [1.82, 2.24) is 19.8 Å². The SMILES string of the molecule is CCc1cccc(CC)c1-n1c(C(C)C)c(C(=O)N2CCNC(C(=O)OC)C2)cc(-c2nc(-c3ccc(Cl)cc3)cs2)c1=O. The molecule has 10 heteroatoms. The zero-order valence-corrected chi connectivity index (χ0v) is 27.2. The van der Waals surface area contributed by atoms with Crippen molar-refractivity contribution in [2.75, 3.05) is 26.7 Å². The number of para-hydroxylation sites is 1. The van der Waals surface area contributed by atoms with Crippen LogP contribution in [0.5, 0.6) is 0 Å². The van der Waals surface area contributed by atoms with Crippen molar-refractivity contribution in [3.8, 4) is 27.5 Å². The van der Waals surface area contributed by atoms with E-state index in [2.05, 4.69) is 19.2 Å². The Morgan fingerprint density at radius 3 is 2.41 bits per heavy atom. The lowest BCUT2D eigenvalue weighted by atomic mass is 9.96. The molecule has 230 valence electrons. The molecule has 2 aromatic carbocycles. The number of benzene rings is 2. The topological polar surface area (TPSA) is 93.5 Å². The fourth-order valence-corrected chi connectivity index (χ4v) is 6.77. The number of pyridine rings is 1. The van der Waals surface area contributed by atoms with Crippen LogP contribution in [0.25, 0.3) is 27.5 Å². The molecule has 1 amide bonds. The van der Waals surface area contributed by atoms with Gasteiger partial charge in [0.15, 0.2) is 0 Å². The minimum Gasteiger partial charge on any atom is -0.468 e. The molecule has 1 unspecified atom stereocenters. The quantitative estimate of drug-likeness (QED) is 0.235. The van der Waals surface area contributed by atoms with E-state index in [1.807, 2.05) is 49.6 Å². The highest BCUT2D eigenvalue weighted by Gasteiger charge is 2.33. The number of nitrogens with zero attached hydrogens (tertiary/aromatic N) is 3. The molecule has 5 rings (SSSR count). The van der Waals surface area contributed by atoms with E-state index in [0.717, 1.165) is 40.9 Å². The van der Waals surface area contributed by atoms with Crippen molar-refractivity contribution in [3.63, 3.8) is 0 Å². The zero-order valence-electron chi connectivity index (χ0n) is 25.6. The van der Waals surface area contributed by atoms with Gasteiger partial charge < -0.3 is 15.0 Å². The minimum absolute atomic E-state index is 0.162. The molecule has 0 bridgehead atoms. The van der Waals surface area contributed by atoms with Gasteiger partial charge >= 0.3 is 5.97 Å². The molecular formula is C34H37ClN4O4S. The number of nitrogens with one attached hydrogen (secondary N) is 1. The monoisotopic (exact) mass is 632 g/mol. The number of piperazine rings is 1. The van der Waals surface area contributed by atoms with Gasteiger partial charge in [-0.25, -0.2) is 4.98 Å². The highest BCUT2D eigenvalue weighted by Crippen LogP contribution is 2.33. The van der Waals surface area contributed by atoms with Gasteiger partial charge in [-0.05, 0) is 48.1 Å². The number of methoxy groups -OCH3 is 1. The number of rotatable bonds is 8. The molecule has 2 aromatic heterocycles. The summed E-state index contributed by atoms with van der Waals surface area (Å²) in [5, 5.41) is 6.20. The van der Waals surface area contributed by atoms with Gasteiger partial charge in [-0.3, -0.25) is 19.0 Å². The molecule has 4 aromatic rings. The molecule has 1 aliphatic heterocycles. The Balaban J connectivity index is 1.76. The largest absolute Gasteiger partial charge is 0.468 e. The van der Waals surface area contributed by atoms with E-state index in [-0.39, 0.29) is 23.9 Å². The van der Waals surface area contributed by atoms with Crippen LogP contribution in [-0.2, 0) is 22.4 Å². The first kappa shape index (κ1) is 31.6. The van der Waals surface area contributed by atoms with Gasteiger partial charge in [0.25, 0.3) is 11.5 Å². The van der Waals surface area contributed by atoms with Crippen LogP contribution in [0, 0.1) is 0 Å². The van der Waals surface area contributed by atoms with Crippen molar-refractivity contribution < 1.29 is 14.3 Å². The Hall–Kier alpha value is -3.79. The summed E-state index contributed by atoms with van der Waals surface area (Å²) in [5.74, 6) is -0.814. The highest BCUT2D eigenvalue weighted by atomic mass is 35.5. The van der Waals surface area contributed by atoms with Gasteiger partial charge in [-0.15, -0.1) is 11.3 Å². The number of amides is 1. The van der Waals surface area contributed by atoms with Gasteiger partial charge in [-0.2, -0.15) is 0 Å². The second-order valence-corrected chi connectivity index (χ2v) is 12.4. The molecule has 44 heavy (non-hydrogen) atoms. The molecule has 3 heterocycles. The van der Waals surface area contributed by atoms with Crippen LogP contribution in [0.4, 0.5) is 0 Å². The van der Waals surface area contributed by atoms with Crippen LogP contribution in [0.15, 0.2) is 58.7 Å². The maximum atomic E-state index is 14.7. The highest BCUT2D eigenvalue weighted by molar-refractivity contribution is 7.13. The minimum atomic E-state index is -0.626. The summed E-state index contributed by atoms with van der Waals surface area (Å²) in [5.41, 5.74) is 5.69. The number of carbonyl (C=O) groups is 2. The third-order valence-corrected chi connectivity index (χ3v) is 9.16. The summed E-state index contributed by atoms with van der Waals surface area (Å²) in [6.45, 7) is 9.17. The number of aromatic nitrogens is 2. The number of thiazole rings is 1. The lowest BCUT2D eigenvalue weighted by molar-refractivity contribution is -0.144. The fourth-order valence-electron chi connectivity index (χ4n) is 5.80. The Bertz CT molecular complexity index is 1720. The van der Waals surface area contributed by atoms with Crippen LogP contribution >= 0.6 is 22.9 Å². The molecule has 1 saturated heterocycles. The average Bonchev–Trinajstić information content (AvgIpc) is 3.53. The lowest BCUT2D eigenvalue weighted by Gasteiger charge is -2.33. The summed E-state index contributed by atoms with van der Waals surface area (Å²) in [4.78, 5) is 48.0. The molecule has 1 N–H and O–H groups in total. The van der Waals surface area contributed by atoms with Gasteiger partial charge in [0, 0.05) is 41.3 Å². The zero-order chi connectivity index (χ0) is 31.5. The fraction of sp³-hybridized carbons (Fsp3) is 0.353. The van der Waals surface area contributed by atoms with Crippen molar-refractivity contribution in [3.05, 3.63) is 91.7 Å². The van der Waals surface area contributed by atoms with Gasteiger partial charge in [-0.1, -0.05) is 69.6 Å². The van der Waals surface area contributed by atoms with Crippen LogP contribution in [0.3, 0.4) is 0 Å². The average molecular weight is 633 g/mol. The van der Waals surface area contributed by atoms with Gasteiger partial charge in [0.2, 0.25) is 0 Å². The number of hydrogen-bond donors (Lipinski definition) is 1. The first-order valence-corrected chi connectivity index (χ1v) is 16.2. The summed E-state index contributed by atoms with van der Waals surface area (Å²) < 4.78 is 6.71. The maximum absolute atomic E-state index is 14.7. The van der Waals surface area contributed by atoms with Gasteiger partial charge in [0.05, 0.1) is 29.6 Å². The summed E-state index contributed by atoms with van der Waals surface area (Å²) in [6.07, 6.45) is 1.44. The molecule has 1 atom stereocenters. The van der Waals surface area contributed by atoms with E-state index >= 15 is 0 Å². The Kier molecular flexibility index (Phi) is 9.68. The number of carbonyl (C=O) groups excluding carboxylic acids is 2. The molecule has 8 nitrogen and oxygen atoms in total. The molecule has 0 saturated carbocycles. The predicted octanol–water partition coefficient (Wildman–Crippen LogP) is 6.12. The van der Waals surface area contributed by atoms with E-state index in [1.54, 1.807) is 27.7 Å². The van der Waals surface area contributed by atoms with Crippen molar-refractivity contribution in [1.29, 1.82) is 0 Å². The number of esters is 1. The van der Waals surface area contributed by atoms with Crippen LogP contribution in [-0.4, -0.2) is 59.1 Å². The standard InChI is InChI=1S/C34H37ClN4O4S/c1-6-21-9-8-10-22(7-2)30(21)39-29(20(3)4)25(32(40)38-16-15-36-27(18-38)34(42)43-5)17-26(33(39)41)31-37-28(19-44-31)23-11-13-24(35)14-12-23/h8-14,17,19-20,27,36H,6-7,15-16,18H2,1-5H3. The predicted molar refractivity (Wildman–Crippen MR) is 176 cm³/mol. The number of aryl methyl sites for hydroxylation is 2. The maximum Gasteiger partial charge on any atom is 0.324 e. The smallest absolute Gasteiger partial charge is 0.324 e. The van der Waals surface area contributed by atoms with Gasteiger partial charge in [0.1, 0.15) is 11.0 Å². The second kappa shape index (κ2) is 13.5. The van der Waals surface area contributed by atoms with Crippen LogP contribution in [0.2, 0.25) is 5.02 Å².